The molecule has 2 bridgehead atoms. The third kappa shape index (κ3) is 2.70. The lowest BCUT2D eigenvalue weighted by Gasteiger charge is -2.71. The van der Waals surface area contributed by atoms with Gasteiger partial charge in [-0.25, -0.2) is 18.1 Å². The summed E-state index contributed by atoms with van der Waals surface area (Å²) in [5.41, 5.74) is 2.27. The number of pyridine rings is 1. The van der Waals surface area contributed by atoms with E-state index in [2.05, 4.69) is 14.7 Å². The molecule has 2 aromatic rings. The number of aromatic amines is 1. The van der Waals surface area contributed by atoms with Crippen LogP contribution in [0.2, 0.25) is 0 Å². The number of hydrogen-bond acceptors (Lipinski definition) is 6. The molecule has 148 valence electrons. The fourth-order valence-corrected chi connectivity index (χ4v) is 6.62. The summed E-state index contributed by atoms with van der Waals surface area (Å²) < 4.78 is 38.1. The predicted octanol–water partition coefficient (Wildman–Crippen LogP) is 1.24. The van der Waals surface area contributed by atoms with Crippen LogP contribution in [0.5, 0.6) is 5.75 Å². The van der Waals surface area contributed by atoms with Gasteiger partial charge in [0.15, 0.2) is 0 Å². The molecule has 0 unspecified atom stereocenters. The van der Waals surface area contributed by atoms with Crippen molar-refractivity contribution < 1.29 is 22.8 Å². The number of H-pyrrole nitrogens is 1. The van der Waals surface area contributed by atoms with E-state index in [-0.39, 0.29) is 16.7 Å². The van der Waals surface area contributed by atoms with Gasteiger partial charge in [-0.1, -0.05) is 0 Å². The molecule has 0 amide bonds. The Morgan fingerprint density at radius 3 is 2.96 bits per heavy atom. The molecule has 0 atom stereocenters. The monoisotopic (exact) mass is 403 g/mol. The Morgan fingerprint density at radius 1 is 1.43 bits per heavy atom. The summed E-state index contributed by atoms with van der Waals surface area (Å²) in [7, 11) is -2.78. The third-order valence-electron chi connectivity index (χ3n) is 6.11. The quantitative estimate of drug-likeness (QED) is 0.474. The number of nitrogens with zero attached hydrogens (tertiary/aromatic N) is 1. The molecular weight excluding hydrogens is 381 g/mol. The first-order valence-corrected chi connectivity index (χ1v) is 11.0. The number of ether oxygens (including phenoxy) is 1. The zero-order valence-corrected chi connectivity index (χ0v) is 16.4. The van der Waals surface area contributed by atoms with E-state index >= 15 is 0 Å². The van der Waals surface area contributed by atoms with Crippen molar-refractivity contribution in [2.24, 2.45) is 5.41 Å². The second-order valence-corrected chi connectivity index (χ2v) is 10.0. The van der Waals surface area contributed by atoms with Crippen LogP contribution in [0.3, 0.4) is 0 Å². The fourth-order valence-electron chi connectivity index (χ4n) is 5.14. The van der Waals surface area contributed by atoms with Crippen LogP contribution in [0.1, 0.15) is 31.2 Å². The average Bonchev–Trinajstić information content (AvgIpc) is 3.04. The average molecular weight is 403 g/mol. The minimum absolute atomic E-state index is 0.0727. The van der Waals surface area contributed by atoms with Crippen molar-refractivity contribution in [3.05, 3.63) is 30.0 Å². The number of rotatable bonds is 7. The summed E-state index contributed by atoms with van der Waals surface area (Å²) >= 11 is 0. The van der Waals surface area contributed by atoms with Crippen LogP contribution in [-0.4, -0.2) is 55.5 Å². The first kappa shape index (κ1) is 18.2. The van der Waals surface area contributed by atoms with E-state index in [4.69, 9.17) is 9.39 Å². The first-order chi connectivity index (χ1) is 13.4. The van der Waals surface area contributed by atoms with Crippen molar-refractivity contribution in [3.63, 3.8) is 0 Å². The van der Waals surface area contributed by atoms with Gasteiger partial charge in [0.2, 0.25) is 10.0 Å². The summed E-state index contributed by atoms with van der Waals surface area (Å²) in [6, 6.07) is 1.95. The lowest BCUT2D eigenvalue weighted by atomic mass is 9.36. The Morgan fingerprint density at radius 2 is 2.21 bits per heavy atom. The first-order valence-electron chi connectivity index (χ1n) is 9.40. The summed E-state index contributed by atoms with van der Waals surface area (Å²) in [6.07, 6.45) is 6.14. The van der Waals surface area contributed by atoms with Crippen LogP contribution in [0.25, 0.3) is 16.6 Å². The van der Waals surface area contributed by atoms with Gasteiger partial charge >= 0.3 is 7.12 Å². The van der Waals surface area contributed by atoms with Crippen molar-refractivity contribution >= 4 is 33.7 Å². The molecule has 6 rings (SSSR count). The second kappa shape index (κ2) is 6.06. The van der Waals surface area contributed by atoms with Crippen LogP contribution in [0.15, 0.2) is 24.4 Å². The van der Waals surface area contributed by atoms with Crippen molar-refractivity contribution in [2.45, 2.75) is 31.2 Å². The molecule has 3 heterocycles. The Hall–Kier alpha value is -1.88. The molecule has 10 heteroatoms. The van der Waals surface area contributed by atoms with E-state index in [9.17, 15) is 13.4 Å². The summed E-state index contributed by atoms with van der Waals surface area (Å²) in [4.78, 5) is 7.45. The van der Waals surface area contributed by atoms with Crippen molar-refractivity contribution in [2.75, 3.05) is 19.5 Å². The van der Waals surface area contributed by atoms with E-state index in [1.54, 1.807) is 19.3 Å². The van der Waals surface area contributed by atoms with E-state index < -0.39 is 17.1 Å². The molecule has 0 aromatic carbocycles. The van der Waals surface area contributed by atoms with Gasteiger partial charge in [0.1, 0.15) is 11.4 Å². The lowest BCUT2D eigenvalue weighted by Crippen LogP contribution is -2.75. The maximum absolute atomic E-state index is 12.4. The zero-order chi connectivity index (χ0) is 19.6. The van der Waals surface area contributed by atoms with E-state index in [0.29, 0.717) is 18.8 Å². The fraction of sp³-hybridized carbons (Fsp3) is 0.500. The van der Waals surface area contributed by atoms with Gasteiger partial charge in [0.05, 0.1) is 11.9 Å². The molecule has 3 N–H and O–H groups in total. The highest BCUT2D eigenvalue weighted by atomic mass is 32.2. The maximum atomic E-state index is 12.4. The predicted molar refractivity (Wildman–Crippen MR) is 105 cm³/mol. The molecule has 0 radical (unpaired) electrons. The molecule has 3 aliphatic carbocycles. The summed E-state index contributed by atoms with van der Waals surface area (Å²) in [6.45, 7) is 0.431. The molecule has 8 nitrogen and oxygen atoms in total. The number of nitrogens with one attached hydrogen (secondary N) is 2. The summed E-state index contributed by atoms with van der Waals surface area (Å²) in [5, 5.41) is 11.1. The Labute approximate surface area is 163 Å². The molecule has 0 spiro atoms. The SMILES string of the molecule is COCCCS(=O)(=O)NC12CC(C3=CB(O)Oc4cnc5[nH]ccc5c43)(C1)C2. The lowest BCUT2D eigenvalue weighted by molar-refractivity contribution is -0.0924. The molecule has 1 aliphatic heterocycles. The van der Waals surface area contributed by atoms with Gasteiger partial charge in [-0.3, -0.25) is 0 Å². The largest absolute Gasteiger partial charge is 0.552 e. The van der Waals surface area contributed by atoms with Crippen molar-refractivity contribution in [1.29, 1.82) is 0 Å². The number of allylic oxidation sites excluding steroid dienone is 1. The van der Waals surface area contributed by atoms with Crippen LogP contribution in [0.4, 0.5) is 0 Å². The molecule has 3 fully saturated rings. The van der Waals surface area contributed by atoms with Crippen LogP contribution >= 0.6 is 0 Å². The topological polar surface area (TPSA) is 114 Å². The van der Waals surface area contributed by atoms with Crippen LogP contribution in [0, 0.1) is 5.41 Å². The van der Waals surface area contributed by atoms with Crippen molar-refractivity contribution in [1.82, 2.24) is 14.7 Å². The van der Waals surface area contributed by atoms with Gasteiger partial charge in [-0.2, -0.15) is 0 Å². The highest BCUT2D eigenvalue weighted by Crippen LogP contribution is 2.73. The van der Waals surface area contributed by atoms with Crippen molar-refractivity contribution in [3.8, 4) is 5.75 Å². The second-order valence-electron chi connectivity index (χ2n) is 8.18. The highest BCUT2D eigenvalue weighted by Gasteiger charge is 2.70. The van der Waals surface area contributed by atoms with E-state index in [1.165, 1.54) is 0 Å². The van der Waals surface area contributed by atoms with Gasteiger partial charge < -0.3 is 19.4 Å². The smallest absolute Gasteiger partial charge is 0.531 e. The molecule has 2 aromatic heterocycles. The third-order valence-corrected chi connectivity index (χ3v) is 7.68. The molecule has 4 aliphatic rings. The maximum Gasteiger partial charge on any atom is 0.552 e. The molecule has 28 heavy (non-hydrogen) atoms. The number of methoxy groups -OCH3 is 1. The van der Waals surface area contributed by atoms with Gasteiger partial charge in [-0.05, 0) is 43.3 Å². The number of hydrogen-bond donors (Lipinski definition) is 3. The minimum atomic E-state index is -3.33. The number of sulfonamides is 1. The standard InChI is InChI=1S/C18H22BN3O5S/c1-26-5-2-6-28(24,25)22-18-9-17(10-18,11-18)13-7-19(23)27-14-8-21-16-12(15(13)14)3-4-20-16/h3-4,7-8,22-23H,2,5-6,9-11H2,1H3,(H,20,21). The van der Waals surface area contributed by atoms with Gasteiger partial charge in [0, 0.05) is 41.8 Å². The van der Waals surface area contributed by atoms with Gasteiger partial charge in [-0.15, -0.1) is 0 Å². The molecule has 3 saturated carbocycles. The Balaban J connectivity index is 1.38. The Bertz CT molecular complexity index is 1060. The normalized spacial score (nSPS) is 28.2. The molecule has 0 saturated heterocycles. The van der Waals surface area contributed by atoms with Crippen LogP contribution in [-0.2, 0) is 14.8 Å². The van der Waals surface area contributed by atoms with E-state index in [1.807, 2.05) is 12.3 Å². The summed E-state index contributed by atoms with van der Waals surface area (Å²) in [5.74, 6) is 2.39. The van der Waals surface area contributed by atoms with Crippen LogP contribution < -0.4 is 9.38 Å². The Kier molecular flexibility index (Phi) is 3.93. The molecular formula is C18H22BN3O5S. The number of aromatic nitrogens is 2. The van der Waals surface area contributed by atoms with E-state index in [0.717, 1.165) is 41.4 Å². The zero-order valence-electron chi connectivity index (χ0n) is 15.6. The minimum Gasteiger partial charge on any atom is -0.531 e. The highest BCUT2D eigenvalue weighted by molar-refractivity contribution is 7.89. The number of fused-ring (bicyclic) bond motifs is 3. The van der Waals surface area contributed by atoms with Gasteiger partial charge in [0.25, 0.3) is 0 Å².